The van der Waals surface area contributed by atoms with Crippen LogP contribution in [0.4, 0.5) is 0 Å². The molecule has 0 unspecified atom stereocenters. The van der Waals surface area contributed by atoms with Crippen LogP contribution in [0.1, 0.15) is 6.92 Å². The SMILES string of the molecule is C[C@H](CO)[C@@H](O)[C@H](O)[C@@H](O)CN(CCOCCOCCOCCOCCO)C[C@H](O)[C@@H](O)[C@H](O)[C@H](O)CO. The van der Waals surface area contributed by atoms with Crippen LogP contribution in [0.5, 0.6) is 0 Å². The summed E-state index contributed by atoms with van der Waals surface area (Å²) in [4.78, 5) is 1.42. The lowest BCUT2D eigenvalue weighted by Crippen LogP contribution is -2.53. The van der Waals surface area contributed by atoms with Gasteiger partial charge in [0, 0.05) is 32.2 Å². The second kappa shape index (κ2) is 23.1. The summed E-state index contributed by atoms with van der Waals surface area (Å²) >= 11 is 0. The van der Waals surface area contributed by atoms with Gasteiger partial charge < -0.3 is 70.0 Å². The van der Waals surface area contributed by atoms with Gasteiger partial charge in [0.05, 0.1) is 84.4 Å². The number of hydrogen-bond acceptors (Lipinski definition) is 15. The Kier molecular flexibility index (Phi) is 22.8. The smallest absolute Gasteiger partial charge is 0.111 e. The molecule has 0 bridgehead atoms. The van der Waals surface area contributed by atoms with E-state index >= 15 is 0 Å². The monoisotopic (exact) mass is 563 g/mol. The molecular formula is C23H49NO14. The number of rotatable bonds is 26. The van der Waals surface area contributed by atoms with Crippen molar-refractivity contribution in [3.05, 3.63) is 0 Å². The largest absolute Gasteiger partial charge is 0.396 e. The van der Waals surface area contributed by atoms with Crippen LogP contribution in [0, 0.1) is 5.92 Å². The van der Waals surface area contributed by atoms with Crippen molar-refractivity contribution in [2.45, 2.75) is 49.7 Å². The maximum Gasteiger partial charge on any atom is 0.111 e. The summed E-state index contributed by atoms with van der Waals surface area (Å²) in [7, 11) is 0. The minimum absolute atomic E-state index is 0.0448. The van der Waals surface area contributed by atoms with Gasteiger partial charge >= 0.3 is 0 Å². The third-order valence-electron chi connectivity index (χ3n) is 5.73. The van der Waals surface area contributed by atoms with Crippen molar-refractivity contribution in [1.82, 2.24) is 4.90 Å². The molecule has 38 heavy (non-hydrogen) atoms. The minimum Gasteiger partial charge on any atom is -0.396 e. The van der Waals surface area contributed by atoms with Crippen LogP contribution >= 0.6 is 0 Å². The maximum absolute atomic E-state index is 10.4. The number of aliphatic hydroxyl groups is 10. The summed E-state index contributed by atoms with van der Waals surface area (Å²) in [6.07, 6.45) is -11.4. The molecule has 0 aromatic rings. The average molecular weight is 564 g/mol. The first kappa shape index (κ1) is 37.4. The van der Waals surface area contributed by atoms with E-state index in [1.165, 1.54) is 11.8 Å². The molecule has 8 atom stereocenters. The van der Waals surface area contributed by atoms with Crippen LogP contribution in [0.15, 0.2) is 0 Å². The van der Waals surface area contributed by atoms with Crippen LogP contribution in [0.2, 0.25) is 0 Å². The lowest BCUT2D eigenvalue weighted by atomic mass is 9.96. The maximum atomic E-state index is 10.4. The lowest BCUT2D eigenvalue weighted by molar-refractivity contribution is -0.125. The molecule has 0 saturated carbocycles. The van der Waals surface area contributed by atoms with Gasteiger partial charge in [0.2, 0.25) is 0 Å². The molecule has 0 heterocycles. The van der Waals surface area contributed by atoms with Crippen LogP contribution in [-0.2, 0) is 18.9 Å². The number of hydrogen-bond donors (Lipinski definition) is 10. The number of ether oxygens (including phenoxy) is 4. The Morgan fingerprint density at radius 3 is 1.32 bits per heavy atom. The highest BCUT2D eigenvalue weighted by Crippen LogP contribution is 2.13. The molecule has 0 saturated heterocycles. The van der Waals surface area contributed by atoms with Crippen LogP contribution in [0.25, 0.3) is 0 Å². The molecule has 15 heteroatoms. The molecule has 10 N–H and O–H groups in total. The third kappa shape index (κ3) is 16.5. The Morgan fingerprint density at radius 2 is 0.895 bits per heavy atom. The Balaban J connectivity index is 4.62. The molecule has 0 aliphatic rings. The molecule has 0 aliphatic heterocycles. The Bertz CT molecular complexity index is 506. The van der Waals surface area contributed by atoms with E-state index in [0.717, 1.165) is 0 Å². The van der Waals surface area contributed by atoms with E-state index < -0.39 is 61.9 Å². The molecule has 0 aliphatic carbocycles. The van der Waals surface area contributed by atoms with E-state index in [-0.39, 0.29) is 52.7 Å². The second-order valence-corrected chi connectivity index (χ2v) is 8.94. The molecule has 0 aromatic heterocycles. The highest BCUT2D eigenvalue weighted by atomic mass is 16.6. The summed E-state index contributed by atoms with van der Waals surface area (Å²) in [5, 5.41) is 97.2. The summed E-state index contributed by atoms with van der Waals surface area (Å²) in [5.41, 5.74) is 0. The first-order chi connectivity index (χ1) is 18.1. The normalized spacial score (nSPS) is 18.6. The van der Waals surface area contributed by atoms with Gasteiger partial charge in [0.15, 0.2) is 0 Å². The van der Waals surface area contributed by atoms with Gasteiger partial charge in [0.25, 0.3) is 0 Å². The number of aliphatic hydroxyl groups excluding tert-OH is 10. The highest BCUT2D eigenvalue weighted by Gasteiger charge is 2.33. The van der Waals surface area contributed by atoms with Crippen molar-refractivity contribution in [3.63, 3.8) is 0 Å². The molecular weight excluding hydrogens is 514 g/mol. The standard InChI is InChI=1S/C23H49NO14/c1-16(14-26)20(31)21(32)17(28)12-24(13-18(29)22(33)23(34)19(30)15-27)2-4-35-6-8-37-10-11-38-9-7-36-5-3-25/h16-23,25-34H,2-15H2,1H3/t16-,17+,18+,19-,20-,21-,22-,23-/m1/s1. The van der Waals surface area contributed by atoms with E-state index in [1.807, 2.05) is 0 Å². The van der Waals surface area contributed by atoms with Gasteiger partial charge in [-0.2, -0.15) is 0 Å². The highest BCUT2D eigenvalue weighted by molar-refractivity contribution is 4.85. The minimum atomic E-state index is -1.83. The van der Waals surface area contributed by atoms with Crippen LogP contribution in [-0.4, -0.2) is 191 Å². The fourth-order valence-electron chi connectivity index (χ4n) is 3.26. The van der Waals surface area contributed by atoms with Crippen molar-refractivity contribution in [1.29, 1.82) is 0 Å². The van der Waals surface area contributed by atoms with Gasteiger partial charge in [-0.3, -0.25) is 4.90 Å². The van der Waals surface area contributed by atoms with Crippen molar-refractivity contribution >= 4 is 0 Å². The van der Waals surface area contributed by atoms with Crippen molar-refractivity contribution in [2.24, 2.45) is 5.92 Å². The average Bonchev–Trinajstić information content (AvgIpc) is 2.92. The molecule has 0 spiro atoms. The Labute approximate surface area is 223 Å². The molecule has 15 nitrogen and oxygen atoms in total. The summed E-state index contributed by atoms with van der Waals surface area (Å²) < 4.78 is 21.2. The van der Waals surface area contributed by atoms with Crippen LogP contribution in [0.3, 0.4) is 0 Å². The fourth-order valence-corrected chi connectivity index (χ4v) is 3.26. The second-order valence-electron chi connectivity index (χ2n) is 8.94. The van der Waals surface area contributed by atoms with Crippen molar-refractivity contribution in [3.8, 4) is 0 Å². The molecule has 0 amide bonds. The molecule has 0 rings (SSSR count). The first-order valence-electron chi connectivity index (χ1n) is 12.7. The van der Waals surface area contributed by atoms with E-state index in [2.05, 4.69) is 0 Å². The molecule has 0 fully saturated rings. The first-order valence-corrected chi connectivity index (χ1v) is 12.7. The van der Waals surface area contributed by atoms with E-state index in [9.17, 15) is 35.7 Å². The van der Waals surface area contributed by atoms with Gasteiger partial charge in [-0.15, -0.1) is 0 Å². The van der Waals surface area contributed by atoms with E-state index in [0.29, 0.717) is 26.4 Å². The summed E-state index contributed by atoms with van der Waals surface area (Å²) in [6.45, 7) is 2.01. The van der Waals surface area contributed by atoms with Crippen molar-refractivity contribution < 1.29 is 70.0 Å². The molecule has 0 aromatic carbocycles. The third-order valence-corrected chi connectivity index (χ3v) is 5.73. The summed E-state index contributed by atoms with van der Waals surface area (Å²) in [5.74, 6) is -0.705. The zero-order valence-electron chi connectivity index (χ0n) is 22.1. The summed E-state index contributed by atoms with van der Waals surface area (Å²) in [6, 6.07) is 0. The lowest BCUT2D eigenvalue weighted by Gasteiger charge is -2.33. The predicted octanol–water partition coefficient (Wildman–Crippen LogP) is -5.51. The predicted molar refractivity (Wildman–Crippen MR) is 132 cm³/mol. The van der Waals surface area contributed by atoms with E-state index in [1.54, 1.807) is 0 Å². The zero-order valence-corrected chi connectivity index (χ0v) is 22.1. The quantitative estimate of drug-likeness (QED) is 0.0441. The van der Waals surface area contributed by atoms with Crippen LogP contribution < -0.4 is 0 Å². The van der Waals surface area contributed by atoms with Gasteiger partial charge in [-0.05, 0) is 0 Å². The van der Waals surface area contributed by atoms with E-state index in [4.69, 9.17) is 34.3 Å². The zero-order chi connectivity index (χ0) is 28.9. The Morgan fingerprint density at radius 1 is 0.500 bits per heavy atom. The topological polar surface area (TPSA) is 242 Å². The number of nitrogens with zero attached hydrogens (tertiary/aromatic N) is 1. The fraction of sp³-hybridized carbons (Fsp3) is 1.00. The van der Waals surface area contributed by atoms with Gasteiger partial charge in [0.1, 0.15) is 24.4 Å². The van der Waals surface area contributed by atoms with Gasteiger partial charge in [-0.1, -0.05) is 6.92 Å². The Hall–Kier alpha value is -0.600. The molecule has 0 radical (unpaired) electrons. The van der Waals surface area contributed by atoms with Gasteiger partial charge in [-0.25, -0.2) is 0 Å². The molecule has 230 valence electrons. The van der Waals surface area contributed by atoms with Crippen molar-refractivity contribution in [2.75, 3.05) is 92.3 Å².